The molecule has 0 saturated heterocycles. The van der Waals surface area contributed by atoms with Gasteiger partial charge in [-0.15, -0.1) is 11.3 Å². The van der Waals surface area contributed by atoms with Crippen LogP contribution >= 0.6 is 11.3 Å². The van der Waals surface area contributed by atoms with E-state index in [0.29, 0.717) is 0 Å². The molecule has 1 unspecified atom stereocenters. The summed E-state index contributed by atoms with van der Waals surface area (Å²) in [6, 6.07) is 2.03. The average molecular weight is 324 g/mol. The number of nitrogens with one attached hydrogen (secondary N) is 1. The van der Waals surface area contributed by atoms with Crippen molar-refractivity contribution in [2.75, 3.05) is 13.1 Å². The Morgan fingerprint density at radius 2 is 2.05 bits per heavy atom. The van der Waals surface area contributed by atoms with Gasteiger partial charge in [0.2, 0.25) is 0 Å². The van der Waals surface area contributed by atoms with E-state index < -0.39 is 37.3 Å². The fourth-order valence-corrected chi connectivity index (χ4v) is 2.49. The third-order valence-electron chi connectivity index (χ3n) is 2.51. The van der Waals surface area contributed by atoms with Crippen LogP contribution in [-0.4, -0.2) is 41.3 Å². The topological polar surface area (TPSA) is 69.6 Å². The number of carboxylic acids is 1. The third-order valence-corrected chi connectivity index (χ3v) is 3.69. The Kier molecular flexibility index (Phi) is 5.59. The van der Waals surface area contributed by atoms with E-state index in [1.165, 1.54) is 11.3 Å². The van der Waals surface area contributed by atoms with Crippen molar-refractivity contribution in [1.82, 2.24) is 10.2 Å². The van der Waals surface area contributed by atoms with Gasteiger partial charge < -0.3 is 15.3 Å². The van der Waals surface area contributed by atoms with Gasteiger partial charge >= 0.3 is 18.2 Å². The van der Waals surface area contributed by atoms with Crippen molar-refractivity contribution in [3.05, 3.63) is 21.9 Å². The highest BCUT2D eigenvalue weighted by atomic mass is 32.1. The molecule has 0 aliphatic heterocycles. The van der Waals surface area contributed by atoms with E-state index in [1.54, 1.807) is 13.0 Å². The third kappa shape index (κ3) is 6.03. The number of carboxylic acid groups (broad SMARTS) is 1. The van der Waals surface area contributed by atoms with Crippen molar-refractivity contribution < 1.29 is 27.9 Å². The highest BCUT2D eigenvalue weighted by molar-refractivity contribution is 7.12. The van der Waals surface area contributed by atoms with E-state index in [1.807, 2.05) is 13.0 Å². The number of carbonyl (C=O) groups excluding carboxylic acids is 1. The van der Waals surface area contributed by atoms with Gasteiger partial charge in [-0.25, -0.2) is 4.79 Å². The van der Waals surface area contributed by atoms with Crippen LogP contribution in [-0.2, 0) is 4.79 Å². The first-order valence-corrected chi connectivity index (χ1v) is 6.80. The summed E-state index contributed by atoms with van der Waals surface area (Å²) in [5, 5.41) is 11.0. The molecule has 0 radical (unpaired) electrons. The van der Waals surface area contributed by atoms with Crippen LogP contribution in [0.3, 0.4) is 0 Å². The van der Waals surface area contributed by atoms with Crippen molar-refractivity contribution >= 4 is 23.3 Å². The second-order valence-electron chi connectivity index (χ2n) is 4.48. The first-order valence-electron chi connectivity index (χ1n) is 5.99. The monoisotopic (exact) mass is 324 g/mol. The summed E-state index contributed by atoms with van der Waals surface area (Å²) in [6.07, 6.45) is -4.66. The van der Waals surface area contributed by atoms with Gasteiger partial charge in [0.15, 0.2) is 0 Å². The van der Waals surface area contributed by atoms with Crippen LogP contribution in [0.1, 0.15) is 22.7 Å². The zero-order valence-corrected chi connectivity index (χ0v) is 12.2. The number of nitrogens with zero attached hydrogens (tertiary/aromatic N) is 1. The summed E-state index contributed by atoms with van der Waals surface area (Å²) < 4.78 is 37.1. The van der Waals surface area contributed by atoms with Gasteiger partial charge in [0.25, 0.3) is 0 Å². The van der Waals surface area contributed by atoms with E-state index in [9.17, 15) is 22.8 Å². The molecule has 0 aromatic carbocycles. The Morgan fingerprint density at radius 1 is 1.43 bits per heavy atom. The molecule has 118 valence electrons. The SMILES string of the molecule is Cc1ccc(C(C)NC(=O)N(CC(=O)O)CC(F)(F)F)s1. The maximum atomic E-state index is 12.4. The van der Waals surface area contributed by atoms with Crippen LogP contribution in [0.2, 0.25) is 0 Å². The minimum atomic E-state index is -4.66. The zero-order chi connectivity index (χ0) is 16.2. The summed E-state index contributed by atoms with van der Waals surface area (Å²) >= 11 is 1.40. The van der Waals surface area contributed by atoms with Crippen molar-refractivity contribution in [1.29, 1.82) is 0 Å². The molecule has 0 saturated carbocycles. The second-order valence-corrected chi connectivity index (χ2v) is 5.80. The Morgan fingerprint density at radius 3 is 2.48 bits per heavy atom. The van der Waals surface area contributed by atoms with E-state index >= 15 is 0 Å². The molecular weight excluding hydrogens is 309 g/mol. The lowest BCUT2D eigenvalue weighted by atomic mass is 10.3. The molecule has 0 spiro atoms. The van der Waals surface area contributed by atoms with E-state index in [-0.39, 0.29) is 4.90 Å². The smallest absolute Gasteiger partial charge is 0.406 e. The van der Waals surface area contributed by atoms with Crippen LogP contribution < -0.4 is 5.32 Å². The molecule has 9 heteroatoms. The van der Waals surface area contributed by atoms with Crippen LogP contribution in [0.5, 0.6) is 0 Å². The zero-order valence-electron chi connectivity index (χ0n) is 11.4. The van der Waals surface area contributed by atoms with E-state index in [2.05, 4.69) is 5.32 Å². The van der Waals surface area contributed by atoms with Gasteiger partial charge in [-0.1, -0.05) is 0 Å². The number of urea groups is 1. The van der Waals surface area contributed by atoms with Gasteiger partial charge in [0, 0.05) is 9.75 Å². The number of hydrogen-bond acceptors (Lipinski definition) is 3. The minimum absolute atomic E-state index is 0.222. The van der Waals surface area contributed by atoms with Crippen molar-refractivity contribution in [2.45, 2.75) is 26.1 Å². The number of halogens is 3. The van der Waals surface area contributed by atoms with Crippen LogP contribution in [0.4, 0.5) is 18.0 Å². The van der Waals surface area contributed by atoms with Crippen LogP contribution in [0.15, 0.2) is 12.1 Å². The van der Waals surface area contributed by atoms with E-state index in [0.717, 1.165) is 9.75 Å². The molecule has 1 aromatic heterocycles. The van der Waals surface area contributed by atoms with Gasteiger partial charge in [-0.05, 0) is 26.0 Å². The fourth-order valence-electron chi connectivity index (χ4n) is 1.61. The molecule has 21 heavy (non-hydrogen) atoms. The maximum Gasteiger partial charge on any atom is 0.406 e. The molecule has 1 heterocycles. The average Bonchev–Trinajstić information content (AvgIpc) is 2.72. The van der Waals surface area contributed by atoms with Gasteiger partial charge in [-0.3, -0.25) is 4.79 Å². The molecule has 5 nitrogen and oxygen atoms in total. The Hall–Kier alpha value is -1.77. The highest BCUT2D eigenvalue weighted by Gasteiger charge is 2.34. The van der Waals surface area contributed by atoms with E-state index in [4.69, 9.17) is 5.11 Å². The number of rotatable bonds is 5. The minimum Gasteiger partial charge on any atom is -0.480 e. The molecular formula is C12H15F3N2O3S. The molecule has 2 amide bonds. The Labute approximate surface area is 123 Å². The standard InChI is InChI=1S/C12H15F3N2O3S/c1-7-3-4-9(21-7)8(2)16-11(20)17(5-10(18)19)6-12(13,14)15/h3-4,8H,5-6H2,1-2H3,(H,16,20)(H,18,19). The van der Waals surface area contributed by atoms with Gasteiger partial charge in [-0.2, -0.15) is 13.2 Å². The fraction of sp³-hybridized carbons (Fsp3) is 0.500. The summed E-state index contributed by atoms with van der Waals surface area (Å²) in [7, 11) is 0. The molecule has 2 N–H and O–H groups in total. The number of thiophene rings is 1. The van der Waals surface area contributed by atoms with Gasteiger partial charge in [0.1, 0.15) is 13.1 Å². The Balaban J connectivity index is 2.73. The first-order chi connectivity index (χ1) is 9.58. The number of hydrogen-bond donors (Lipinski definition) is 2. The summed E-state index contributed by atoms with van der Waals surface area (Å²) in [5.41, 5.74) is 0. The number of alkyl halides is 3. The lowest BCUT2D eigenvalue weighted by Crippen LogP contribution is -2.47. The summed E-state index contributed by atoms with van der Waals surface area (Å²) in [4.78, 5) is 24.4. The lowest BCUT2D eigenvalue weighted by molar-refractivity contribution is -0.149. The maximum absolute atomic E-state index is 12.4. The molecule has 1 aromatic rings. The molecule has 1 atom stereocenters. The Bertz CT molecular complexity index is 516. The molecule has 1 rings (SSSR count). The molecule has 0 aliphatic rings. The van der Waals surface area contributed by atoms with Crippen molar-refractivity contribution in [2.24, 2.45) is 0 Å². The summed E-state index contributed by atoms with van der Waals surface area (Å²) in [6.45, 7) is 0.863. The number of aryl methyl sites for hydroxylation is 1. The quantitative estimate of drug-likeness (QED) is 0.875. The summed E-state index contributed by atoms with van der Waals surface area (Å²) in [5.74, 6) is -1.51. The second kappa shape index (κ2) is 6.79. The van der Waals surface area contributed by atoms with Crippen LogP contribution in [0.25, 0.3) is 0 Å². The normalized spacial score (nSPS) is 12.8. The first kappa shape index (κ1) is 17.3. The van der Waals surface area contributed by atoms with Crippen molar-refractivity contribution in [3.63, 3.8) is 0 Å². The lowest BCUT2D eigenvalue weighted by Gasteiger charge is -2.24. The molecule has 0 aliphatic carbocycles. The highest BCUT2D eigenvalue weighted by Crippen LogP contribution is 2.23. The molecule has 0 fully saturated rings. The number of carbonyl (C=O) groups is 2. The predicted octanol–water partition coefficient (Wildman–Crippen LogP) is 2.78. The van der Waals surface area contributed by atoms with Crippen LogP contribution in [0, 0.1) is 6.92 Å². The number of aliphatic carboxylic acids is 1. The molecule has 0 bridgehead atoms. The predicted molar refractivity (Wildman–Crippen MR) is 71.3 cm³/mol. The largest absolute Gasteiger partial charge is 0.480 e. The van der Waals surface area contributed by atoms with Gasteiger partial charge in [0.05, 0.1) is 6.04 Å². The number of amides is 2. The van der Waals surface area contributed by atoms with Crippen molar-refractivity contribution in [3.8, 4) is 0 Å².